The standard InChI is InChI=1S/C52H35NO/c1-3-13-36(14-4-1)43-32-44(37-15-5-2-6-16-37)34-45(33-43)39-27-29-46(30-28-39)53(49-22-12-24-51-52(49)48-21-9-10-23-50(48)54-51)47-20-11-19-41(35-47)42-26-25-38-17-7-8-18-40(38)31-42/h1-35H. The number of fused-ring (bicyclic) bond motifs is 4. The Balaban J connectivity index is 1.13. The van der Waals surface area contributed by atoms with Gasteiger partial charge in [0.2, 0.25) is 0 Å². The molecule has 0 atom stereocenters. The second-order valence-electron chi connectivity index (χ2n) is 13.8. The SMILES string of the molecule is c1ccc(-c2cc(-c3ccccc3)cc(-c3ccc(N(c4cccc(-c5ccc6ccccc6c5)c4)c4cccc5oc6ccccc6c45)cc3)c2)cc1. The molecule has 254 valence electrons. The summed E-state index contributed by atoms with van der Waals surface area (Å²) in [7, 11) is 0. The first kappa shape index (κ1) is 31.6. The summed E-state index contributed by atoms with van der Waals surface area (Å²) in [5.74, 6) is 0. The molecule has 9 aromatic carbocycles. The van der Waals surface area contributed by atoms with Gasteiger partial charge in [0, 0.05) is 16.8 Å². The third-order valence-electron chi connectivity index (χ3n) is 10.4. The summed E-state index contributed by atoms with van der Waals surface area (Å²) in [6.45, 7) is 0. The average molecular weight is 690 g/mol. The molecule has 0 N–H and O–H groups in total. The zero-order valence-corrected chi connectivity index (χ0v) is 29.6. The van der Waals surface area contributed by atoms with Gasteiger partial charge in [-0.15, -0.1) is 0 Å². The van der Waals surface area contributed by atoms with Gasteiger partial charge in [0.25, 0.3) is 0 Å². The van der Waals surface area contributed by atoms with Crippen LogP contribution in [0.3, 0.4) is 0 Å². The summed E-state index contributed by atoms with van der Waals surface area (Å²) in [5, 5.41) is 4.66. The summed E-state index contributed by atoms with van der Waals surface area (Å²) in [5.41, 5.74) is 14.4. The van der Waals surface area contributed by atoms with Crippen molar-refractivity contribution in [1.82, 2.24) is 0 Å². The van der Waals surface area contributed by atoms with Crippen molar-refractivity contribution >= 4 is 49.8 Å². The van der Waals surface area contributed by atoms with Crippen molar-refractivity contribution in [3.8, 4) is 44.5 Å². The first-order chi connectivity index (χ1) is 26.7. The maximum atomic E-state index is 6.39. The molecule has 0 saturated heterocycles. The molecule has 10 aromatic rings. The number of benzene rings is 9. The molecular weight excluding hydrogens is 655 g/mol. The lowest BCUT2D eigenvalue weighted by Crippen LogP contribution is -2.10. The smallest absolute Gasteiger partial charge is 0.137 e. The molecule has 2 nitrogen and oxygen atoms in total. The first-order valence-electron chi connectivity index (χ1n) is 18.4. The van der Waals surface area contributed by atoms with E-state index in [2.05, 4.69) is 205 Å². The van der Waals surface area contributed by atoms with E-state index < -0.39 is 0 Å². The Kier molecular flexibility index (Phi) is 7.85. The number of nitrogens with zero attached hydrogens (tertiary/aromatic N) is 1. The van der Waals surface area contributed by atoms with Crippen LogP contribution in [0.5, 0.6) is 0 Å². The van der Waals surface area contributed by atoms with Crippen LogP contribution in [0.1, 0.15) is 0 Å². The highest BCUT2D eigenvalue weighted by Crippen LogP contribution is 2.44. The van der Waals surface area contributed by atoms with Crippen LogP contribution in [0.4, 0.5) is 17.1 Å². The largest absolute Gasteiger partial charge is 0.456 e. The molecule has 1 heterocycles. The normalized spacial score (nSPS) is 11.3. The minimum atomic E-state index is 0.868. The lowest BCUT2D eigenvalue weighted by atomic mass is 9.93. The lowest BCUT2D eigenvalue weighted by molar-refractivity contribution is 0.669. The molecule has 0 bridgehead atoms. The Labute approximate surface area is 314 Å². The van der Waals surface area contributed by atoms with Crippen molar-refractivity contribution in [1.29, 1.82) is 0 Å². The zero-order chi connectivity index (χ0) is 35.8. The summed E-state index contributed by atoms with van der Waals surface area (Å²) in [6.07, 6.45) is 0. The summed E-state index contributed by atoms with van der Waals surface area (Å²) >= 11 is 0. The fourth-order valence-electron chi connectivity index (χ4n) is 7.75. The predicted molar refractivity (Wildman–Crippen MR) is 228 cm³/mol. The Morgan fingerprint density at radius 2 is 0.833 bits per heavy atom. The van der Waals surface area contributed by atoms with Gasteiger partial charge in [0.15, 0.2) is 0 Å². The third kappa shape index (κ3) is 5.81. The van der Waals surface area contributed by atoms with Crippen molar-refractivity contribution < 1.29 is 4.42 Å². The third-order valence-corrected chi connectivity index (χ3v) is 10.4. The highest BCUT2D eigenvalue weighted by Gasteiger charge is 2.20. The maximum absolute atomic E-state index is 6.39. The van der Waals surface area contributed by atoms with Crippen LogP contribution >= 0.6 is 0 Å². The predicted octanol–water partition coefficient (Wildman–Crippen LogP) is 14.9. The second kappa shape index (κ2) is 13.4. The molecule has 0 amide bonds. The van der Waals surface area contributed by atoms with E-state index in [0.717, 1.165) is 50.1 Å². The molecule has 0 saturated carbocycles. The van der Waals surface area contributed by atoms with Crippen LogP contribution in [0.2, 0.25) is 0 Å². The van der Waals surface area contributed by atoms with Crippen molar-refractivity contribution in [3.63, 3.8) is 0 Å². The Bertz CT molecular complexity index is 2870. The van der Waals surface area contributed by atoms with Gasteiger partial charge in [-0.1, -0.05) is 146 Å². The number of hydrogen-bond donors (Lipinski definition) is 0. The van der Waals surface area contributed by atoms with E-state index in [9.17, 15) is 0 Å². The van der Waals surface area contributed by atoms with E-state index in [4.69, 9.17) is 4.42 Å². The van der Waals surface area contributed by atoms with Gasteiger partial charge < -0.3 is 9.32 Å². The molecule has 0 radical (unpaired) electrons. The highest BCUT2D eigenvalue weighted by molar-refractivity contribution is 6.13. The summed E-state index contributed by atoms with van der Waals surface area (Å²) in [6, 6.07) is 76.0. The van der Waals surface area contributed by atoms with Crippen LogP contribution in [0.25, 0.3) is 77.2 Å². The van der Waals surface area contributed by atoms with Gasteiger partial charge in [-0.25, -0.2) is 0 Å². The van der Waals surface area contributed by atoms with Gasteiger partial charge in [-0.2, -0.15) is 0 Å². The molecule has 0 aliphatic heterocycles. The number of anilines is 3. The minimum Gasteiger partial charge on any atom is -0.456 e. The van der Waals surface area contributed by atoms with Crippen LogP contribution in [-0.4, -0.2) is 0 Å². The van der Waals surface area contributed by atoms with Crippen molar-refractivity contribution in [2.75, 3.05) is 4.90 Å². The fourth-order valence-corrected chi connectivity index (χ4v) is 7.75. The van der Waals surface area contributed by atoms with Crippen LogP contribution in [0.15, 0.2) is 217 Å². The molecule has 10 rings (SSSR count). The van der Waals surface area contributed by atoms with Gasteiger partial charge in [0.1, 0.15) is 11.2 Å². The Morgan fingerprint density at radius 1 is 0.296 bits per heavy atom. The van der Waals surface area contributed by atoms with E-state index in [1.807, 2.05) is 12.1 Å². The molecule has 54 heavy (non-hydrogen) atoms. The van der Waals surface area contributed by atoms with E-state index in [0.29, 0.717) is 0 Å². The average Bonchev–Trinajstić information content (AvgIpc) is 3.64. The fraction of sp³-hybridized carbons (Fsp3) is 0. The van der Waals surface area contributed by atoms with Gasteiger partial charge >= 0.3 is 0 Å². The number of rotatable bonds is 7. The zero-order valence-electron chi connectivity index (χ0n) is 29.6. The van der Waals surface area contributed by atoms with E-state index in [-0.39, 0.29) is 0 Å². The highest BCUT2D eigenvalue weighted by atomic mass is 16.3. The Hall–Kier alpha value is -7.16. The maximum Gasteiger partial charge on any atom is 0.137 e. The van der Waals surface area contributed by atoms with Gasteiger partial charge in [-0.05, 0) is 122 Å². The quantitative estimate of drug-likeness (QED) is 0.166. The summed E-state index contributed by atoms with van der Waals surface area (Å²) in [4.78, 5) is 2.37. The van der Waals surface area contributed by atoms with Gasteiger partial charge in [0.05, 0.1) is 11.1 Å². The minimum absolute atomic E-state index is 0.868. The Morgan fingerprint density at radius 3 is 1.56 bits per heavy atom. The number of furan rings is 1. The van der Waals surface area contributed by atoms with E-state index in [1.165, 1.54) is 44.2 Å². The van der Waals surface area contributed by atoms with E-state index in [1.54, 1.807) is 0 Å². The van der Waals surface area contributed by atoms with Crippen LogP contribution in [0, 0.1) is 0 Å². The molecule has 1 aromatic heterocycles. The molecule has 0 unspecified atom stereocenters. The second-order valence-corrected chi connectivity index (χ2v) is 13.8. The number of hydrogen-bond acceptors (Lipinski definition) is 2. The molecule has 0 spiro atoms. The monoisotopic (exact) mass is 689 g/mol. The van der Waals surface area contributed by atoms with Crippen molar-refractivity contribution in [2.24, 2.45) is 0 Å². The van der Waals surface area contributed by atoms with Gasteiger partial charge in [-0.3, -0.25) is 0 Å². The topological polar surface area (TPSA) is 16.4 Å². The van der Waals surface area contributed by atoms with Crippen LogP contribution in [-0.2, 0) is 0 Å². The lowest BCUT2D eigenvalue weighted by Gasteiger charge is -2.27. The first-order valence-corrected chi connectivity index (χ1v) is 18.4. The van der Waals surface area contributed by atoms with E-state index >= 15 is 0 Å². The number of para-hydroxylation sites is 1. The summed E-state index contributed by atoms with van der Waals surface area (Å²) < 4.78 is 6.39. The van der Waals surface area contributed by atoms with Crippen molar-refractivity contribution in [2.45, 2.75) is 0 Å². The van der Waals surface area contributed by atoms with Crippen LogP contribution < -0.4 is 4.90 Å². The molecule has 2 heteroatoms. The molecule has 0 aliphatic rings. The molecule has 0 aliphatic carbocycles. The van der Waals surface area contributed by atoms with Crippen molar-refractivity contribution in [3.05, 3.63) is 212 Å². The molecule has 0 fully saturated rings. The molecular formula is C52H35NO.